The van der Waals surface area contributed by atoms with Gasteiger partial charge >= 0.3 is 0 Å². The summed E-state index contributed by atoms with van der Waals surface area (Å²) < 4.78 is 4.93. The van der Waals surface area contributed by atoms with Gasteiger partial charge < -0.3 is 20.3 Å². The summed E-state index contributed by atoms with van der Waals surface area (Å²) in [7, 11) is 5.89. The molecule has 0 heterocycles. The zero-order chi connectivity index (χ0) is 14.8. The van der Waals surface area contributed by atoms with Gasteiger partial charge in [-0.15, -0.1) is 24.8 Å². The molecule has 0 aliphatic heterocycles. The molecule has 1 amide bonds. The SMILES string of the molecule is COCCNCC(=O)NCC(C1CCCCC1)N(C)C.Cl.Cl. The number of methoxy groups -OCH3 is 1. The molecule has 1 aliphatic rings. The highest BCUT2D eigenvalue weighted by atomic mass is 35.5. The molecule has 0 radical (unpaired) electrons. The summed E-state index contributed by atoms with van der Waals surface area (Å²) in [6.07, 6.45) is 6.63. The Hall–Kier alpha value is -0.0700. The van der Waals surface area contributed by atoms with E-state index >= 15 is 0 Å². The summed E-state index contributed by atoms with van der Waals surface area (Å²) >= 11 is 0. The number of hydrogen-bond acceptors (Lipinski definition) is 4. The lowest BCUT2D eigenvalue weighted by Gasteiger charge is -2.35. The molecule has 7 heteroatoms. The lowest BCUT2D eigenvalue weighted by atomic mass is 9.83. The summed E-state index contributed by atoms with van der Waals surface area (Å²) in [5, 5.41) is 6.12. The maximum Gasteiger partial charge on any atom is 0.234 e. The molecule has 134 valence electrons. The van der Waals surface area contributed by atoms with Crippen molar-refractivity contribution in [3.05, 3.63) is 0 Å². The lowest BCUT2D eigenvalue weighted by Crippen LogP contribution is -2.47. The monoisotopic (exact) mass is 357 g/mol. The third-order valence-corrected chi connectivity index (χ3v) is 4.13. The third kappa shape index (κ3) is 9.85. The topological polar surface area (TPSA) is 53.6 Å². The van der Waals surface area contributed by atoms with Crippen molar-refractivity contribution in [2.24, 2.45) is 5.92 Å². The van der Waals surface area contributed by atoms with Gasteiger partial charge in [0.15, 0.2) is 0 Å². The van der Waals surface area contributed by atoms with E-state index in [-0.39, 0.29) is 30.7 Å². The summed E-state index contributed by atoms with van der Waals surface area (Å²) in [4.78, 5) is 14.0. The first-order valence-electron chi connectivity index (χ1n) is 7.78. The molecule has 1 unspecified atom stereocenters. The van der Waals surface area contributed by atoms with E-state index in [1.807, 2.05) is 0 Å². The standard InChI is InChI=1S/C15H31N3O2.2ClH/c1-18(2)14(13-7-5-4-6-8-13)11-17-15(19)12-16-9-10-20-3;;/h13-14,16H,4-12H2,1-3H3,(H,17,19);2*1H. The number of nitrogens with one attached hydrogen (secondary N) is 2. The Kier molecular flexibility index (Phi) is 16.0. The van der Waals surface area contributed by atoms with Crippen LogP contribution in [0.4, 0.5) is 0 Å². The van der Waals surface area contributed by atoms with Crippen molar-refractivity contribution in [2.45, 2.75) is 38.1 Å². The van der Waals surface area contributed by atoms with Crippen molar-refractivity contribution in [2.75, 3.05) is 47.4 Å². The first kappa shape index (κ1) is 24.2. The van der Waals surface area contributed by atoms with Crippen molar-refractivity contribution in [1.29, 1.82) is 0 Å². The summed E-state index contributed by atoms with van der Waals surface area (Å²) in [5.41, 5.74) is 0. The molecule has 1 aliphatic carbocycles. The molecule has 22 heavy (non-hydrogen) atoms. The number of carbonyl (C=O) groups excluding carboxylic acids is 1. The number of nitrogens with zero attached hydrogens (tertiary/aromatic N) is 1. The zero-order valence-corrected chi connectivity index (χ0v) is 15.7. The molecule has 2 N–H and O–H groups in total. The van der Waals surface area contributed by atoms with Crippen molar-refractivity contribution in [1.82, 2.24) is 15.5 Å². The minimum atomic E-state index is 0. The molecule has 1 atom stereocenters. The van der Waals surface area contributed by atoms with Crippen LogP contribution in [0.2, 0.25) is 0 Å². The lowest BCUT2D eigenvalue weighted by molar-refractivity contribution is -0.120. The molecule has 5 nitrogen and oxygen atoms in total. The van der Waals surface area contributed by atoms with Gasteiger partial charge in [0.2, 0.25) is 5.91 Å². The van der Waals surface area contributed by atoms with E-state index < -0.39 is 0 Å². The molecule has 1 saturated carbocycles. The number of carbonyl (C=O) groups is 1. The van der Waals surface area contributed by atoms with Crippen LogP contribution in [0.25, 0.3) is 0 Å². The number of ether oxygens (including phenoxy) is 1. The van der Waals surface area contributed by atoms with Crippen molar-refractivity contribution in [3.8, 4) is 0 Å². The Balaban J connectivity index is 0. The minimum absolute atomic E-state index is 0. The van der Waals surface area contributed by atoms with Crippen LogP contribution in [0, 0.1) is 5.92 Å². The van der Waals surface area contributed by atoms with Gasteiger partial charge in [0, 0.05) is 26.2 Å². The maximum absolute atomic E-state index is 11.8. The van der Waals surface area contributed by atoms with Crippen LogP contribution in [-0.4, -0.2) is 64.3 Å². The van der Waals surface area contributed by atoms with Gasteiger partial charge in [-0.05, 0) is 32.9 Å². The Morgan fingerprint density at radius 2 is 1.86 bits per heavy atom. The number of halogens is 2. The second-order valence-corrected chi connectivity index (χ2v) is 5.90. The van der Waals surface area contributed by atoms with Crippen LogP contribution in [0.1, 0.15) is 32.1 Å². The highest BCUT2D eigenvalue weighted by Crippen LogP contribution is 2.27. The van der Waals surface area contributed by atoms with Crippen LogP contribution >= 0.6 is 24.8 Å². The molecule has 0 aromatic heterocycles. The number of rotatable bonds is 9. The van der Waals surface area contributed by atoms with E-state index in [1.165, 1.54) is 32.1 Å². The maximum atomic E-state index is 11.8. The Bertz CT molecular complexity index is 276. The molecule has 0 aromatic carbocycles. The van der Waals surface area contributed by atoms with Gasteiger partial charge in [0.25, 0.3) is 0 Å². The number of amides is 1. The minimum Gasteiger partial charge on any atom is -0.383 e. The van der Waals surface area contributed by atoms with Crippen LogP contribution in [-0.2, 0) is 9.53 Å². The normalized spacial score (nSPS) is 16.5. The predicted molar refractivity (Wildman–Crippen MR) is 96.3 cm³/mol. The second kappa shape index (κ2) is 14.5. The quantitative estimate of drug-likeness (QED) is 0.616. The molecular formula is C15H33Cl2N3O2. The van der Waals surface area contributed by atoms with Crippen LogP contribution in [0.5, 0.6) is 0 Å². The van der Waals surface area contributed by atoms with E-state index in [0.29, 0.717) is 25.7 Å². The van der Waals surface area contributed by atoms with Crippen LogP contribution in [0.15, 0.2) is 0 Å². The molecule has 0 saturated heterocycles. The molecule has 0 bridgehead atoms. The van der Waals surface area contributed by atoms with Gasteiger partial charge in [-0.25, -0.2) is 0 Å². The third-order valence-electron chi connectivity index (χ3n) is 4.13. The van der Waals surface area contributed by atoms with Crippen molar-refractivity contribution >= 4 is 30.7 Å². The average molecular weight is 358 g/mol. The van der Waals surface area contributed by atoms with E-state index in [2.05, 4.69) is 29.6 Å². The predicted octanol–water partition coefficient (Wildman–Crippen LogP) is 1.69. The van der Waals surface area contributed by atoms with E-state index in [9.17, 15) is 4.79 Å². The molecule has 0 spiro atoms. The Morgan fingerprint density at radius 3 is 2.41 bits per heavy atom. The van der Waals surface area contributed by atoms with Gasteiger partial charge in [0.05, 0.1) is 13.2 Å². The zero-order valence-electron chi connectivity index (χ0n) is 14.1. The van der Waals surface area contributed by atoms with Gasteiger partial charge in [-0.1, -0.05) is 19.3 Å². The van der Waals surface area contributed by atoms with Gasteiger partial charge in [0.1, 0.15) is 0 Å². The van der Waals surface area contributed by atoms with E-state index in [4.69, 9.17) is 4.74 Å². The molecule has 1 rings (SSSR count). The fourth-order valence-electron chi connectivity index (χ4n) is 2.95. The van der Waals surface area contributed by atoms with E-state index in [1.54, 1.807) is 7.11 Å². The summed E-state index contributed by atoms with van der Waals surface area (Å²) in [6.45, 7) is 2.47. The fraction of sp³-hybridized carbons (Fsp3) is 0.933. The van der Waals surface area contributed by atoms with Crippen LogP contribution in [0.3, 0.4) is 0 Å². The Labute approximate surface area is 147 Å². The number of likely N-dealkylation sites (N-methyl/N-ethyl adjacent to an activating group) is 1. The molecule has 1 fully saturated rings. The first-order valence-corrected chi connectivity index (χ1v) is 7.78. The summed E-state index contributed by atoms with van der Waals surface area (Å²) in [5.74, 6) is 0.796. The first-order chi connectivity index (χ1) is 9.65. The largest absolute Gasteiger partial charge is 0.383 e. The fourth-order valence-corrected chi connectivity index (χ4v) is 2.95. The highest BCUT2D eigenvalue weighted by Gasteiger charge is 2.25. The second-order valence-electron chi connectivity index (χ2n) is 5.90. The van der Waals surface area contributed by atoms with E-state index in [0.717, 1.165) is 12.5 Å². The van der Waals surface area contributed by atoms with Gasteiger partial charge in [-0.3, -0.25) is 4.79 Å². The van der Waals surface area contributed by atoms with Crippen molar-refractivity contribution in [3.63, 3.8) is 0 Å². The smallest absolute Gasteiger partial charge is 0.234 e. The summed E-state index contributed by atoms with van der Waals surface area (Å²) in [6, 6.07) is 0.457. The average Bonchev–Trinajstić information content (AvgIpc) is 2.44. The van der Waals surface area contributed by atoms with Crippen LogP contribution < -0.4 is 10.6 Å². The molecular weight excluding hydrogens is 325 g/mol. The molecule has 0 aromatic rings. The van der Waals surface area contributed by atoms with Crippen molar-refractivity contribution < 1.29 is 9.53 Å². The Morgan fingerprint density at radius 1 is 1.23 bits per heavy atom. The number of hydrogen-bond donors (Lipinski definition) is 2. The highest BCUT2D eigenvalue weighted by molar-refractivity contribution is 5.85. The van der Waals surface area contributed by atoms with Gasteiger partial charge in [-0.2, -0.15) is 0 Å².